The van der Waals surface area contributed by atoms with Gasteiger partial charge in [0, 0.05) is 15.1 Å². The van der Waals surface area contributed by atoms with E-state index in [1.165, 1.54) is 16.7 Å². The number of nitrogens with zero attached hydrogens (tertiary/aromatic N) is 2. The predicted molar refractivity (Wildman–Crippen MR) is 152 cm³/mol. The van der Waals surface area contributed by atoms with Crippen molar-refractivity contribution >= 4 is 73.7 Å². The van der Waals surface area contributed by atoms with Crippen molar-refractivity contribution in [3.05, 3.63) is 106 Å². The molecule has 0 fully saturated rings. The van der Waals surface area contributed by atoms with Gasteiger partial charge in [-0.1, -0.05) is 57.3 Å². The second-order valence-electron chi connectivity index (χ2n) is 7.57. The SMILES string of the molecule is CCOc1ccc(Br)cc1/C=c1/s/c(=C(/C#N)C(=O)Nc2cc(Cl)ccc2Cl)n(-c2ccccc2)c1=O. The van der Waals surface area contributed by atoms with Crippen LogP contribution in [0.1, 0.15) is 12.5 Å². The zero-order valence-electron chi connectivity index (χ0n) is 19.3. The summed E-state index contributed by atoms with van der Waals surface area (Å²) >= 11 is 16.7. The van der Waals surface area contributed by atoms with E-state index in [2.05, 4.69) is 21.2 Å². The summed E-state index contributed by atoms with van der Waals surface area (Å²) in [5, 5.41) is 13.3. The van der Waals surface area contributed by atoms with Crippen molar-refractivity contribution in [3.63, 3.8) is 0 Å². The van der Waals surface area contributed by atoms with Gasteiger partial charge in [-0.25, -0.2) is 0 Å². The number of aromatic nitrogens is 1. The van der Waals surface area contributed by atoms with E-state index in [9.17, 15) is 14.9 Å². The number of hydrogen-bond donors (Lipinski definition) is 1. The first-order valence-electron chi connectivity index (χ1n) is 10.9. The Morgan fingerprint density at radius 3 is 2.62 bits per heavy atom. The molecular weight excluding hydrogens is 597 g/mol. The number of carbonyl (C=O) groups excluding carboxylic acids is 1. The number of carbonyl (C=O) groups is 1. The maximum absolute atomic E-state index is 13.6. The number of rotatable bonds is 6. The van der Waals surface area contributed by atoms with Gasteiger partial charge in [0.1, 0.15) is 16.5 Å². The third-order valence-electron chi connectivity index (χ3n) is 5.13. The second-order valence-corrected chi connectivity index (χ2v) is 10.4. The topological polar surface area (TPSA) is 84.1 Å². The normalized spacial score (nSPS) is 12.1. The van der Waals surface area contributed by atoms with E-state index in [0.29, 0.717) is 33.2 Å². The Balaban J connectivity index is 1.98. The molecule has 186 valence electrons. The number of thiazole rings is 1. The van der Waals surface area contributed by atoms with Crippen LogP contribution in [0.15, 0.2) is 76.0 Å². The third-order valence-corrected chi connectivity index (χ3v) is 7.28. The van der Waals surface area contributed by atoms with Gasteiger partial charge in [-0.15, -0.1) is 11.3 Å². The summed E-state index contributed by atoms with van der Waals surface area (Å²) in [6.07, 6.45) is 1.69. The third kappa shape index (κ3) is 5.97. The van der Waals surface area contributed by atoms with Gasteiger partial charge in [0.2, 0.25) is 0 Å². The Kier molecular flexibility index (Phi) is 8.52. The van der Waals surface area contributed by atoms with Crippen LogP contribution in [-0.2, 0) is 4.79 Å². The van der Waals surface area contributed by atoms with Gasteiger partial charge in [-0.3, -0.25) is 14.2 Å². The molecule has 6 nitrogen and oxygen atoms in total. The van der Waals surface area contributed by atoms with Crippen molar-refractivity contribution in [1.29, 1.82) is 5.26 Å². The number of anilines is 1. The van der Waals surface area contributed by atoms with Crippen molar-refractivity contribution in [3.8, 4) is 17.5 Å². The summed E-state index contributed by atoms with van der Waals surface area (Å²) in [5.74, 6) is -0.120. The minimum absolute atomic E-state index is 0.175. The van der Waals surface area contributed by atoms with E-state index in [0.717, 1.165) is 15.8 Å². The van der Waals surface area contributed by atoms with Gasteiger partial charge in [-0.2, -0.15) is 5.26 Å². The summed E-state index contributed by atoms with van der Waals surface area (Å²) in [6.45, 7) is 2.32. The maximum Gasteiger partial charge on any atom is 0.273 e. The molecule has 0 aliphatic carbocycles. The molecule has 37 heavy (non-hydrogen) atoms. The molecule has 1 aromatic heterocycles. The van der Waals surface area contributed by atoms with Crippen LogP contribution in [0.25, 0.3) is 17.3 Å². The number of amides is 1. The smallest absolute Gasteiger partial charge is 0.273 e. The van der Waals surface area contributed by atoms with E-state index >= 15 is 0 Å². The fourth-order valence-corrected chi connectivity index (χ4v) is 5.30. The molecule has 0 spiro atoms. The first-order valence-corrected chi connectivity index (χ1v) is 13.3. The van der Waals surface area contributed by atoms with Crippen LogP contribution in [0.5, 0.6) is 5.75 Å². The molecule has 0 atom stereocenters. The monoisotopic (exact) mass is 613 g/mol. The van der Waals surface area contributed by atoms with Crippen LogP contribution in [0.4, 0.5) is 5.69 Å². The summed E-state index contributed by atoms with van der Waals surface area (Å²) in [6, 6.07) is 20.9. The highest BCUT2D eigenvalue weighted by molar-refractivity contribution is 9.10. The Bertz CT molecular complexity index is 1710. The summed E-state index contributed by atoms with van der Waals surface area (Å²) < 4.78 is 8.38. The number of halogens is 3. The lowest BCUT2D eigenvalue weighted by atomic mass is 10.2. The largest absolute Gasteiger partial charge is 0.493 e. The minimum atomic E-state index is -0.721. The van der Waals surface area contributed by atoms with Crippen LogP contribution >= 0.6 is 50.5 Å². The van der Waals surface area contributed by atoms with Crippen molar-refractivity contribution in [1.82, 2.24) is 4.57 Å². The van der Waals surface area contributed by atoms with Crippen LogP contribution in [0, 0.1) is 11.3 Å². The Labute approximate surface area is 234 Å². The molecule has 0 radical (unpaired) electrons. The number of benzene rings is 3. The maximum atomic E-state index is 13.6. The molecule has 10 heteroatoms. The fraction of sp³-hybridized carbons (Fsp3) is 0.0741. The molecule has 1 heterocycles. The molecule has 0 aliphatic rings. The van der Waals surface area contributed by atoms with Gasteiger partial charge >= 0.3 is 0 Å². The second kappa shape index (κ2) is 11.8. The molecule has 1 amide bonds. The Morgan fingerprint density at radius 2 is 1.92 bits per heavy atom. The number of ether oxygens (including phenoxy) is 1. The molecule has 0 unspecified atom stereocenters. The summed E-state index contributed by atoms with van der Waals surface area (Å²) in [5.41, 5.74) is 0.809. The van der Waals surface area contributed by atoms with Crippen LogP contribution in [0.3, 0.4) is 0 Å². The molecule has 0 aliphatic heterocycles. The van der Waals surface area contributed by atoms with Crippen molar-refractivity contribution in [2.24, 2.45) is 0 Å². The molecule has 4 rings (SSSR count). The summed E-state index contributed by atoms with van der Waals surface area (Å²) in [4.78, 5) is 26.9. The molecule has 1 N–H and O–H groups in total. The van der Waals surface area contributed by atoms with E-state index in [1.807, 2.05) is 31.2 Å². The van der Waals surface area contributed by atoms with Crippen LogP contribution < -0.4 is 24.8 Å². The lowest BCUT2D eigenvalue weighted by molar-refractivity contribution is -0.111. The number of nitriles is 1. The highest BCUT2D eigenvalue weighted by Gasteiger charge is 2.18. The highest BCUT2D eigenvalue weighted by atomic mass is 79.9. The minimum Gasteiger partial charge on any atom is -0.493 e. The van der Waals surface area contributed by atoms with E-state index in [4.69, 9.17) is 27.9 Å². The Hall–Kier alpha value is -3.35. The Morgan fingerprint density at radius 1 is 1.16 bits per heavy atom. The quantitative estimate of drug-likeness (QED) is 0.310. The molecule has 0 bridgehead atoms. The molecule has 3 aromatic carbocycles. The fourth-order valence-electron chi connectivity index (χ4n) is 3.50. The molecule has 0 saturated carbocycles. The van der Waals surface area contributed by atoms with Crippen molar-refractivity contribution < 1.29 is 9.53 Å². The zero-order valence-corrected chi connectivity index (χ0v) is 23.2. The van der Waals surface area contributed by atoms with E-state index in [1.54, 1.807) is 42.5 Å². The van der Waals surface area contributed by atoms with Gasteiger partial charge in [0.15, 0.2) is 5.57 Å². The number of para-hydroxylation sites is 1. The van der Waals surface area contributed by atoms with E-state index < -0.39 is 5.91 Å². The first-order chi connectivity index (χ1) is 17.8. The van der Waals surface area contributed by atoms with Gasteiger partial charge in [-0.05, 0) is 61.5 Å². The van der Waals surface area contributed by atoms with Crippen molar-refractivity contribution in [2.45, 2.75) is 6.92 Å². The van der Waals surface area contributed by atoms with Crippen molar-refractivity contribution in [2.75, 3.05) is 11.9 Å². The average molecular weight is 615 g/mol. The standard InChI is InChI=1S/C27H18BrCl2N3O3S/c1-2-36-23-11-8-17(28)12-16(23)13-24-26(35)33(19-6-4-3-5-7-19)27(37-24)20(15-31)25(34)32-22-14-18(29)9-10-21(22)30/h3-14H,2H2,1H3,(H,32,34)/b24-13+,27-20-. The summed E-state index contributed by atoms with van der Waals surface area (Å²) in [7, 11) is 0. The predicted octanol–water partition coefficient (Wildman–Crippen LogP) is 5.51. The highest BCUT2D eigenvalue weighted by Crippen LogP contribution is 2.26. The van der Waals surface area contributed by atoms with Gasteiger partial charge in [0.25, 0.3) is 11.5 Å². The van der Waals surface area contributed by atoms with Gasteiger partial charge < -0.3 is 10.1 Å². The van der Waals surface area contributed by atoms with Crippen LogP contribution in [0.2, 0.25) is 10.0 Å². The first kappa shape index (κ1) is 26.7. The average Bonchev–Trinajstić information content (AvgIpc) is 3.19. The zero-order chi connectivity index (χ0) is 26.5. The number of hydrogen-bond acceptors (Lipinski definition) is 5. The molecule has 4 aromatic rings. The van der Waals surface area contributed by atoms with Gasteiger partial charge in [0.05, 0.1) is 27.5 Å². The molecular formula is C27H18BrCl2N3O3S. The molecule has 0 saturated heterocycles. The lowest BCUT2D eigenvalue weighted by Gasteiger charge is -2.07. The van der Waals surface area contributed by atoms with Crippen LogP contribution in [-0.4, -0.2) is 17.1 Å². The van der Waals surface area contributed by atoms with E-state index in [-0.39, 0.29) is 26.5 Å². The number of nitrogens with one attached hydrogen (secondary N) is 1. The lowest BCUT2D eigenvalue weighted by Crippen LogP contribution is -2.32.